The largest absolute Gasteiger partial charge is 0.314 e. The zero-order chi connectivity index (χ0) is 11.0. The van der Waals surface area contributed by atoms with Crippen molar-refractivity contribution in [1.82, 2.24) is 10.2 Å². The number of nitrogens with one attached hydrogen (secondary N) is 1. The third kappa shape index (κ3) is 7.10. The minimum absolute atomic E-state index is 0.593. The number of nitrogens with zero attached hydrogens (tertiary/aromatic N) is 1. The fourth-order valence-electron chi connectivity index (χ4n) is 1.39. The van der Waals surface area contributed by atoms with Crippen LogP contribution in [-0.2, 0) is 0 Å². The molecule has 0 aliphatic carbocycles. The SMILES string of the molecule is C=CCC(C)C(C)NCCCN(C)C. The van der Waals surface area contributed by atoms with Crippen molar-refractivity contribution >= 4 is 0 Å². The Kier molecular flexibility index (Phi) is 7.81. The maximum absolute atomic E-state index is 3.77. The second-order valence-electron chi connectivity index (χ2n) is 4.40. The molecule has 0 aliphatic rings. The average molecular weight is 198 g/mol. The molecule has 2 heteroatoms. The first-order valence-corrected chi connectivity index (χ1v) is 5.57. The molecule has 0 aromatic heterocycles. The fourth-order valence-corrected chi connectivity index (χ4v) is 1.39. The van der Waals surface area contributed by atoms with Gasteiger partial charge in [-0.25, -0.2) is 0 Å². The molecule has 0 aromatic carbocycles. The van der Waals surface area contributed by atoms with Gasteiger partial charge >= 0.3 is 0 Å². The summed E-state index contributed by atoms with van der Waals surface area (Å²) in [6, 6.07) is 0.593. The summed E-state index contributed by atoms with van der Waals surface area (Å²) in [5, 5.41) is 3.55. The molecule has 0 saturated heterocycles. The van der Waals surface area contributed by atoms with Gasteiger partial charge in [0.2, 0.25) is 0 Å². The van der Waals surface area contributed by atoms with Crippen LogP contribution in [0.3, 0.4) is 0 Å². The second kappa shape index (κ2) is 8.01. The lowest BCUT2D eigenvalue weighted by Crippen LogP contribution is -2.33. The molecule has 0 amide bonds. The molecule has 0 rings (SSSR count). The highest BCUT2D eigenvalue weighted by Crippen LogP contribution is 2.07. The number of hydrogen-bond donors (Lipinski definition) is 1. The highest BCUT2D eigenvalue weighted by molar-refractivity contribution is 4.77. The van der Waals surface area contributed by atoms with Crippen LogP contribution in [0.1, 0.15) is 26.7 Å². The minimum atomic E-state index is 0.593. The van der Waals surface area contributed by atoms with Crippen molar-refractivity contribution in [2.45, 2.75) is 32.7 Å². The first kappa shape index (κ1) is 13.7. The minimum Gasteiger partial charge on any atom is -0.314 e. The van der Waals surface area contributed by atoms with Crippen molar-refractivity contribution in [2.75, 3.05) is 27.2 Å². The van der Waals surface area contributed by atoms with Crippen molar-refractivity contribution in [2.24, 2.45) is 5.92 Å². The van der Waals surface area contributed by atoms with Crippen LogP contribution in [0.5, 0.6) is 0 Å². The Morgan fingerprint density at radius 3 is 2.50 bits per heavy atom. The number of allylic oxidation sites excluding steroid dienone is 1. The van der Waals surface area contributed by atoms with Crippen molar-refractivity contribution in [3.05, 3.63) is 12.7 Å². The van der Waals surface area contributed by atoms with Gasteiger partial charge in [-0.2, -0.15) is 0 Å². The van der Waals surface area contributed by atoms with E-state index in [0.717, 1.165) is 19.5 Å². The molecular formula is C12H26N2. The third-order valence-electron chi connectivity index (χ3n) is 2.64. The average Bonchev–Trinajstić information content (AvgIpc) is 2.12. The fraction of sp³-hybridized carbons (Fsp3) is 0.833. The van der Waals surface area contributed by atoms with Crippen LogP contribution in [-0.4, -0.2) is 38.1 Å². The van der Waals surface area contributed by atoms with E-state index in [1.54, 1.807) is 0 Å². The maximum Gasteiger partial charge on any atom is 0.00673 e. The zero-order valence-electron chi connectivity index (χ0n) is 10.2. The van der Waals surface area contributed by atoms with E-state index in [2.05, 4.69) is 44.7 Å². The van der Waals surface area contributed by atoms with E-state index < -0.39 is 0 Å². The highest BCUT2D eigenvalue weighted by atomic mass is 15.1. The van der Waals surface area contributed by atoms with Gasteiger partial charge in [0, 0.05) is 6.04 Å². The van der Waals surface area contributed by atoms with Crippen LogP contribution in [0.25, 0.3) is 0 Å². The van der Waals surface area contributed by atoms with Gasteiger partial charge in [-0.3, -0.25) is 0 Å². The van der Waals surface area contributed by atoms with Crippen LogP contribution >= 0.6 is 0 Å². The maximum atomic E-state index is 3.77. The molecule has 2 unspecified atom stereocenters. The van der Waals surface area contributed by atoms with Crippen LogP contribution in [0.2, 0.25) is 0 Å². The smallest absolute Gasteiger partial charge is 0.00673 e. The molecule has 0 spiro atoms. The lowest BCUT2D eigenvalue weighted by Gasteiger charge is -2.20. The Labute approximate surface area is 89.4 Å². The summed E-state index contributed by atoms with van der Waals surface area (Å²) in [6.45, 7) is 10.6. The molecule has 0 aromatic rings. The molecule has 0 bridgehead atoms. The van der Waals surface area contributed by atoms with Crippen LogP contribution < -0.4 is 5.32 Å². The van der Waals surface area contributed by atoms with Gasteiger partial charge in [-0.1, -0.05) is 13.0 Å². The van der Waals surface area contributed by atoms with Crippen molar-refractivity contribution in [3.63, 3.8) is 0 Å². The van der Waals surface area contributed by atoms with Gasteiger partial charge in [0.1, 0.15) is 0 Å². The monoisotopic (exact) mass is 198 g/mol. The first-order chi connectivity index (χ1) is 6.57. The Bertz CT molecular complexity index is 143. The van der Waals surface area contributed by atoms with Crippen molar-refractivity contribution < 1.29 is 0 Å². The van der Waals surface area contributed by atoms with Gasteiger partial charge < -0.3 is 10.2 Å². The standard InChI is InChI=1S/C12H26N2/c1-6-8-11(2)12(3)13-9-7-10-14(4)5/h6,11-13H,1,7-10H2,2-5H3. The number of hydrogen-bond acceptors (Lipinski definition) is 2. The van der Waals surface area contributed by atoms with Crippen molar-refractivity contribution in [1.29, 1.82) is 0 Å². The van der Waals surface area contributed by atoms with E-state index in [1.807, 2.05) is 6.08 Å². The van der Waals surface area contributed by atoms with E-state index in [-0.39, 0.29) is 0 Å². The lowest BCUT2D eigenvalue weighted by atomic mass is 10.00. The second-order valence-corrected chi connectivity index (χ2v) is 4.40. The molecule has 0 fully saturated rings. The first-order valence-electron chi connectivity index (χ1n) is 5.57. The topological polar surface area (TPSA) is 15.3 Å². The van der Waals surface area contributed by atoms with E-state index >= 15 is 0 Å². The normalized spacial score (nSPS) is 15.5. The molecule has 2 atom stereocenters. The van der Waals surface area contributed by atoms with E-state index in [0.29, 0.717) is 12.0 Å². The highest BCUT2D eigenvalue weighted by Gasteiger charge is 2.08. The molecule has 2 nitrogen and oxygen atoms in total. The quantitative estimate of drug-likeness (QED) is 0.475. The predicted octanol–water partition coefficient (Wildman–Crippen LogP) is 2.13. The Morgan fingerprint density at radius 1 is 1.36 bits per heavy atom. The molecular weight excluding hydrogens is 172 g/mol. The predicted molar refractivity (Wildman–Crippen MR) is 64.6 cm³/mol. The van der Waals surface area contributed by atoms with Gasteiger partial charge in [-0.15, -0.1) is 6.58 Å². The molecule has 14 heavy (non-hydrogen) atoms. The molecule has 0 heterocycles. The van der Waals surface area contributed by atoms with Crippen LogP contribution in [0, 0.1) is 5.92 Å². The molecule has 0 radical (unpaired) electrons. The summed E-state index contributed by atoms with van der Waals surface area (Å²) >= 11 is 0. The Hall–Kier alpha value is -0.340. The summed E-state index contributed by atoms with van der Waals surface area (Å²) in [5.74, 6) is 0.687. The number of rotatable bonds is 8. The lowest BCUT2D eigenvalue weighted by molar-refractivity contribution is 0.363. The molecule has 0 aliphatic heterocycles. The summed E-state index contributed by atoms with van der Waals surface area (Å²) in [5.41, 5.74) is 0. The van der Waals surface area contributed by atoms with E-state index in [4.69, 9.17) is 0 Å². The zero-order valence-corrected chi connectivity index (χ0v) is 10.2. The summed E-state index contributed by atoms with van der Waals surface area (Å²) < 4.78 is 0. The third-order valence-corrected chi connectivity index (χ3v) is 2.64. The van der Waals surface area contributed by atoms with E-state index in [9.17, 15) is 0 Å². The van der Waals surface area contributed by atoms with Crippen LogP contribution in [0.15, 0.2) is 12.7 Å². The summed E-state index contributed by atoms with van der Waals surface area (Å²) in [6.07, 6.45) is 4.32. The molecule has 0 saturated carbocycles. The van der Waals surface area contributed by atoms with Crippen molar-refractivity contribution in [3.8, 4) is 0 Å². The van der Waals surface area contributed by atoms with Gasteiger partial charge in [0.25, 0.3) is 0 Å². The Morgan fingerprint density at radius 2 is 2.00 bits per heavy atom. The molecule has 84 valence electrons. The molecule has 1 N–H and O–H groups in total. The van der Waals surface area contributed by atoms with Gasteiger partial charge in [0.05, 0.1) is 0 Å². The van der Waals surface area contributed by atoms with E-state index in [1.165, 1.54) is 6.42 Å². The van der Waals surface area contributed by atoms with Crippen LogP contribution in [0.4, 0.5) is 0 Å². The van der Waals surface area contributed by atoms with Gasteiger partial charge in [0.15, 0.2) is 0 Å². The summed E-state index contributed by atoms with van der Waals surface area (Å²) in [7, 11) is 4.23. The summed E-state index contributed by atoms with van der Waals surface area (Å²) in [4.78, 5) is 2.22. The Balaban J connectivity index is 3.43. The van der Waals surface area contributed by atoms with Gasteiger partial charge in [-0.05, 0) is 52.9 Å².